The van der Waals surface area contributed by atoms with E-state index in [9.17, 15) is 13.6 Å². The van der Waals surface area contributed by atoms with Crippen molar-refractivity contribution >= 4 is 17.5 Å². The molecule has 0 saturated heterocycles. The second-order valence-corrected chi connectivity index (χ2v) is 4.96. The zero-order chi connectivity index (χ0) is 16.3. The van der Waals surface area contributed by atoms with Crippen molar-refractivity contribution in [3.8, 4) is 5.75 Å². The highest BCUT2D eigenvalue weighted by Crippen LogP contribution is 2.19. The number of nitrogens with one attached hydrogen (secondary N) is 1. The molecule has 118 valence electrons. The predicted octanol–water partition coefficient (Wildman–Crippen LogP) is 2.91. The van der Waals surface area contributed by atoms with Crippen molar-refractivity contribution in [2.24, 2.45) is 7.05 Å². The summed E-state index contributed by atoms with van der Waals surface area (Å²) in [6.07, 6.45) is 0. The number of aromatic nitrogens is 2. The maximum Gasteiger partial charge on any atom is 0.387 e. The fourth-order valence-electron chi connectivity index (χ4n) is 1.83. The van der Waals surface area contributed by atoms with E-state index in [4.69, 9.17) is 11.6 Å². The van der Waals surface area contributed by atoms with E-state index in [0.29, 0.717) is 11.3 Å². The smallest absolute Gasteiger partial charge is 0.387 e. The van der Waals surface area contributed by atoms with Gasteiger partial charge >= 0.3 is 6.61 Å². The Kier molecular flexibility index (Phi) is 4.97. The first-order valence-corrected chi connectivity index (χ1v) is 6.77. The number of rotatable bonds is 5. The Hall–Kier alpha value is -2.15. The van der Waals surface area contributed by atoms with Gasteiger partial charge in [-0.2, -0.15) is 13.9 Å². The van der Waals surface area contributed by atoms with Crippen molar-refractivity contribution in [3.63, 3.8) is 0 Å². The first-order valence-electron chi connectivity index (χ1n) is 6.39. The van der Waals surface area contributed by atoms with Crippen molar-refractivity contribution in [1.82, 2.24) is 15.1 Å². The molecule has 2 rings (SSSR count). The van der Waals surface area contributed by atoms with Gasteiger partial charge in [0.25, 0.3) is 5.91 Å². The van der Waals surface area contributed by atoms with Gasteiger partial charge in [-0.1, -0.05) is 23.7 Å². The number of hydrogen-bond acceptors (Lipinski definition) is 3. The van der Waals surface area contributed by atoms with Gasteiger partial charge < -0.3 is 10.1 Å². The summed E-state index contributed by atoms with van der Waals surface area (Å²) in [6, 6.07) is 6.09. The number of hydrogen-bond donors (Lipinski definition) is 1. The summed E-state index contributed by atoms with van der Waals surface area (Å²) in [7, 11) is 1.68. The van der Waals surface area contributed by atoms with Crippen LogP contribution in [0.5, 0.6) is 5.75 Å². The van der Waals surface area contributed by atoms with Gasteiger partial charge in [-0.3, -0.25) is 9.48 Å². The Morgan fingerprint density at radius 2 is 2.23 bits per heavy atom. The number of benzene rings is 1. The molecule has 8 heteroatoms. The van der Waals surface area contributed by atoms with E-state index in [-0.39, 0.29) is 23.0 Å². The molecule has 5 nitrogen and oxygen atoms in total. The molecule has 1 amide bonds. The zero-order valence-electron chi connectivity index (χ0n) is 11.9. The lowest BCUT2D eigenvalue weighted by Crippen LogP contribution is -2.23. The number of aryl methyl sites for hydroxylation is 1. The predicted molar refractivity (Wildman–Crippen MR) is 77.2 cm³/mol. The first kappa shape index (κ1) is 16.2. The molecular formula is C14H14ClF2N3O2. The molecule has 0 bridgehead atoms. The van der Waals surface area contributed by atoms with Crippen LogP contribution in [0.1, 0.15) is 21.7 Å². The highest BCUT2D eigenvalue weighted by atomic mass is 35.5. The summed E-state index contributed by atoms with van der Waals surface area (Å²) < 4.78 is 30.1. The van der Waals surface area contributed by atoms with E-state index in [1.807, 2.05) is 0 Å². The summed E-state index contributed by atoms with van der Waals surface area (Å²) >= 11 is 6.03. The number of alkyl halides is 2. The van der Waals surface area contributed by atoms with Crippen LogP contribution in [0.25, 0.3) is 0 Å². The third-order valence-electron chi connectivity index (χ3n) is 3.05. The van der Waals surface area contributed by atoms with E-state index >= 15 is 0 Å². The highest BCUT2D eigenvalue weighted by molar-refractivity contribution is 6.34. The van der Waals surface area contributed by atoms with Crippen LogP contribution in [0, 0.1) is 6.92 Å². The fourth-order valence-corrected chi connectivity index (χ4v) is 2.07. The van der Waals surface area contributed by atoms with Crippen LogP contribution >= 0.6 is 11.6 Å². The number of ether oxygens (including phenoxy) is 1. The van der Waals surface area contributed by atoms with E-state index in [1.165, 1.54) is 16.8 Å². The maximum atomic E-state index is 12.2. The molecule has 0 aliphatic rings. The van der Waals surface area contributed by atoms with E-state index in [0.717, 1.165) is 0 Å². The topological polar surface area (TPSA) is 56.1 Å². The first-order chi connectivity index (χ1) is 10.4. The van der Waals surface area contributed by atoms with Crippen molar-refractivity contribution < 1.29 is 18.3 Å². The monoisotopic (exact) mass is 329 g/mol. The molecule has 22 heavy (non-hydrogen) atoms. The molecule has 2 aromatic rings. The second-order valence-electron chi connectivity index (χ2n) is 4.58. The minimum Gasteiger partial charge on any atom is -0.435 e. The normalized spacial score (nSPS) is 10.8. The minimum absolute atomic E-state index is 0.0356. The van der Waals surface area contributed by atoms with Crippen molar-refractivity contribution in [1.29, 1.82) is 0 Å². The summed E-state index contributed by atoms with van der Waals surface area (Å²) in [6.45, 7) is -0.997. The molecule has 0 aliphatic carbocycles. The van der Waals surface area contributed by atoms with Crippen molar-refractivity contribution in [3.05, 3.63) is 46.2 Å². The number of nitrogens with zero attached hydrogens (tertiary/aromatic N) is 2. The largest absolute Gasteiger partial charge is 0.435 e. The fraction of sp³-hybridized carbons (Fsp3) is 0.286. The summed E-state index contributed by atoms with van der Waals surface area (Å²) in [5.41, 5.74) is 1.43. The lowest BCUT2D eigenvalue weighted by atomic mass is 10.2. The molecule has 0 atom stereocenters. The van der Waals surface area contributed by atoms with Gasteiger partial charge in [0.2, 0.25) is 0 Å². The van der Waals surface area contributed by atoms with E-state index < -0.39 is 12.5 Å². The van der Waals surface area contributed by atoms with Gasteiger partial charge in [0.05, 0.1) is 10.7 Å². The van der Waals surface area contributed by atoms with E-state index in [2.05, 4.69) is 15.2 Å². The van der Waals surface area contributed by atoms with Crippen LogP contribution in [0.15, 0.2) is 24.3 Å². The number of carbonyl (C=O) groups excluding carboxylic acids is 1. The molecule has 0 unspecified atom stereocenters. The van der Waals surface area contributed by atoms with Gasteiger partial charge in [-0.05, 0) is 24.6 Å². The Morgan fingerprint density at radius 3 is 2.82 bits per heavy atom. The zero-order valence-corrected chi connectivity index (χ0v) is 12.7. The third kappa shape index (κ3) is 3.73. The summed E-state index contributed by atoms with van der Waals surface area (Å²) in [4.78, 5) is 12.0. The Bertz CT molecular complexity index is 689. The van der Waals surface area contributed by atoms with Gasteiger partial charge in [-0.25, -0.2) is 0 Å². The molecule has 0 spiro atoms. The minimum atomic E-state index is -2.89. The van der Waals surface area contributed by atoms with Crippen molar-refractivity contribution in [2.45, 2.75) is 20.1 Å². The quantitative estimate of drug-likeness (QED) is 0.917. The molecule has 1 aromatic heterocycles. The van der Waals surface area contributed by atoms with Gasteiger partial charge in [-0.15, -0.1) is 0 Å². The average molecular weight is 330 g/mol. The average Bonchev–Trinajstić information content (AvgIpc) is 2.72. The van der Waals surface area contributed by atoms with Gasteiger partial charge in [0, 0.05) is 13.6 Å². The van der Waals surface area contributed by atoms with Crippen LogP contribution in [0.4, 0.5) is 8.78 Å². The van der Waals surface area contributed by atoms with Crippen LogP contribution in [-0.4, -0.2) is 22.3 Å². The summed E-state index contributed by atoms with van der Waals surface area (Å²) in [5.74, 6) is -0.401. The Morgan fingerprint density at radius 1 is 1.50 bits per heavy atom. The number of amides is 1. The maximum absolute atomic E-state index is 12.2. The van der Waals surface area contributed by atoms with Crippen LogP contribution in [0.2, 0.25) is 5.02 Å². The van der Waals surface area contributed by atoms with Gasteiger partial charge in [0.1, 0.15) is 5.75 Å². The molecule has 0 saturated carbocycles. The summed E-state index contributed by atoms with van der Waals surface area (Å²) in [5, 5.41) is 6.95. The Labute approximate surface area is 130 Å². The van der Waals surface area contributed by atoms with E-state index in [1.54, 1.807) is 26.1 Å². The molecule has 0 fully saturated rings. The van der Waals surface area contributed by atoms with Crippen LogP contribution < -0.4 is 10.1 Å². The molecule has 0 aliphatic heterocycles. The van der Waals surface area contributed by atoms with Crippen LogP contribution in [0.3, 0.4) is 0 Å². The second kappa shape index (κ2) is 6.74. The van der Waals surface area contributed by atoms with Crippen molar-refractivity contribution in [2.75, 3.05) is 0 Å². The molecular weight excluding hydrogens is 316 g/mol. The molecule has 1 aromatic carbocycles. The lowest BCUT2D eigenvalue weighted by Gasteiger charge is -2.07. The standard InChI is InChI=1S/C14H14ClF2N3O2/c1-8-11(15)12(19-20(8)2)13(21)18-7-9-4-3-5-10(6-9)22-14(16)17/h3-6,14H,7H2,1-2H3,(H,18,21). The lowest BCUT2D eigenvalue weighted by molar-refractivity contribution is -0.0498. The number of halogens is 3. The third-order valence-corrected chi connectivity index (χ3v) is 3.51. The SMILES string of the molecule is Cc1c(Cl)c(C(=O)NCc2cccc(OC(F)F)c2)nn1C. The molecule has 1 heterocycles. The van der Waals surface area contributed by atoms with Gasteiger partial charge in [0.15, 0.2) is 5.69 Å². The van der Waals surface area contributed by atoms with Crippen LogP contribution in [-0.2, 0) is 13.6 Å². The molecule has 0 radical (unpaired) electrons. The number of carbonyl (C=O) groups is 1. The molecule has 1 N–H and O–H groups in total. The Balaban J connectivity index is 2.03. The highest BCUT2D eigenvalue weighted by Gasteiger charge is 2.17.